The lowest BCUT2D eigenvalue weighted by Crippen LogP contribution is -2.37. The molecule has 0 heterocycles. The van der Waals surface area contributed by atoms with Crippen molar-refractivity contribution in [3.8, 4) is 0 Å². The number of nitrogens with zero attached hydrogens (tertiary/aromatic N) is 1. The minimum atomic E-state index is -0.0696. The van der Waals surface area contributed by atoms with Crippen LogP contribution in [0.4, 0.5) is 5.69 Å². The first-order valence-electron chi connectivity index (χ1n) is 6.38. The number of carbonyl (C=O) groups is 1. The highest BCUT2D eigenvalue weighted by atomic mass is 16.1. The average molecular weight is 249 g/mol. The highest BCUT2D eigenvalue weighted by molar-refractivity contribution is 5.94. The lowest BCUT2D eigenvalue weighted by atomic mass is 10.2. The van der Waals surface area contributed by atoms with E-state index in [-0.39, 0.29) is 5.91 Å². The third-order valence-corrected chi connectivity index (χ3v) is 3.24. The second-order valence-corrected chi connectivity index (χ2v) is 4.62. The highest BCUT2D eigenvalue weighted by Crippen LogP contribution is 2.06. The van der Waals surface area contributed by atoms with Gasteiger partial charge in [-0.25, -0.2) is 0 Å². The molecule has 1 rings (SSSR count). The maximum atomic E-state index is 11.8. The van der Waals surface area contributed by atoms with Gasteiger partial charge in [-0.15, -0.1) is 0 Å². The van der Waals surface area contributed by atoms with Gasteiger partial charge in [0, 0.05) is 30.4 Å². The number of nitrogens with two attached hydrogens (primary N) is 1. The number of likely N-dealkylation sites (N-methyl/N-ethyl adjacent to an activating group) is 1. The van der Waals surface area contributed by atoms with Gasteiger partial charge in [-0.1, -0.05) is 13.0 Å². The predicted molar refractivity (Wildman–Crippen MR) is 75.6 cm³/mol. The Morgan fingerprint density at radius 1 is 1.50 bits per heavy atom. The van der Waals surface area contributed by atoms with Crippen LogP contribution < -0.4 is 11.1 Å². The van der Waals surface area contributed by atoms with E-state index in [0.717, 1.165) is 13.0 Å². The minimum Gasteiger partial charge on any atom is -0.399 e. The van der Waals surface area contributed by atoms with Gasteiger partial charge in [-0.05, 0) is 38.6 Å². The van der Waals surface area contributed by atoms with E-state index >= 15 is 0 Å². The molecule has 0 aliphatic heterocycles. The molecule has 0 bridgehead atoms. The van der Waals surface area contributed by atoms with E-state index in [1.54, 1.807) is 24.3 Å². The molecule has 3 N–H and O–H groups in total. The van der Waals surface area contributed by atoms with Crippen molar-refractivity contribution in [2.75, 3.05) is 25.9 Å². The Labute approximate surface area is 109 Å². The first-order valence-corrected chi connectivity index (χ1v) is 6.38. The van der Waals surface area contributed by atoms with Crippen LogP contribution in [0.25, 0.3) is 0 Å². The molecule has 1 atom stereocenters. The summed E-state index contributed by atoms with van der Waals surface area (Å²) in [7, 11) is 2.07. The maximum Gasteiger partial charge on any atom is 0.251 e. The molecule has 0 spiro atoms. The molecule has 18 heavy (non-hydrogen) atoms. The highest BCUT2D eigenvalue weighted by Gasteiger charge is 2.08. The Morgan fingerprint density at radius 3 is 2.83 bits per heavy atom. The van der Waals surface area contributed by atoms with Crippen LogP contribution in [0.3, 0.4) is 0 Å². The number of hydrogen-bond donors (Lipinski definition) is 2. The Kier molecular flexibility index (Phi) is 5.65. The van der Waals surface area contributed by atoms with E-state index in [0.29, 0.717) is 23.8 Å². The van der Waals surface area contributed by atoms with E-state index in [1.165, 1.54) is 0 Å². The zero-order chi connectivity index (χ0) is 13.5. The van der Waals surface area contributed by atoms with Gasteiger partial charge in [0.15, 0.2) is 0 Å². The topological polar surface area (TPSA) is 58.4 Å². The molecule has 100 valence electrons. The van der Waals surface area contributed by atoms with Crippen LogP contribution in [-0.4, -0.2) is 37.0 Å². The summed E-state index contributed by atoms with van der Waals surface area (Å²) in [5.74, 6) is -0.0696. The molecule has 1 unspecified atom stereocenters. The molecular weight excluding hydrogens is 226 g/mol. The molecule has 0 aliphatic carbocycles. The lowest BCUT2D eigenvalue weighted by molar-refractivity contribution is 0.0947. The van der Waals surface area contributed by atoms with Gasteiger partial charge >= 0.3 is 0 Å². The van der Waals surface area contributed by atoms with Crippen LogP contribution in [-0.2, 0) is 0 Å². The van der Waals surface area contributed by atoms with Gasteiger partial charge in [0.25, 0.3) is 5.91 Å². The number of amides is 1. The summed E-state index contributed by atoms with van der Waals surface area (Å²) >= 11 is 0. The second kappa shape index (κ2) is 7.01. The van der Waals surface area contributed by atoms with Gasteiger partial charge in [0.1, 0.15) is 0 Å². The number of anilines is 1. The third-order valence-electron chi connectivity index (χ3n) is 3.24. The summed E-state index contributed by atoms with van der Waals surface area (Å²) in [4.78, 5) is 14.1. The summed E-state index contributed by atoms with van der Waals surface area (Å²) in [6, 6.07) is 7.55. The number of nitrogen functional groups attached to an aromatic ring is 1. The van der Waals surface area contributed by atoms with Gasteiger partial charge in [-0.3, -0.25) is 4.79 Å². The second-order valence-electron chi connectivity index (χ2n) is 4.62. The SMILES string of the molecule is CCC(C)N(C)CCNC(=O)c1cccc(N)c1. The van der Waals surface area contributed by atoms with Crippen molar-refractivity contribution in [3.63, 3.8) is 0 Å². The van der Waals surface area contributed by atoms with Crippen LogP contribution >= 0.6 is 0 Å². The van der Waals surface area contributed by atoms with E-state index in [4.69, 9.17) is 5.73 Å². The molecule has 0 aliphatic rings. The van der Waals surface area contributed by atoms with E-state index in [9.17, 15) is 4.79 Å². The predicted octanol–water partition coefficient (Wildman–Crippen LogP) is 1.73. The van der Waals surface area contributed by atoms with E-state index in [1.807, 2.05) is 0 Å². The molecule has 0 fully saturated rings. The summed E-state index contributed by atoms with van der Waals surface area (Å²) in [6.45, 7) is 5.84. The summed E-state index contributed by atoms with van der Waals surface area (Å²) in [5, 5.41) is 2.90. The van der Waals surface area contributed by atoms with Gasteiger partial charge < -0.3 is 16.0 Å². The van der Waals surface area contributed by atoms with Crippen molar-refractivity contribution in [2.24, 2.45) is 0 Å². The zero-order valence-electron chi connectivity index (χ0n) is 11.4. The quantitative estimate of drug-likeness (QED) is 0.755. The van der Waals surface area contributed by atoms with Crippen molar-refractivity contribution in [1.82, 2.24) is 10.2 Å². The molecule has 0 saturated heterocycles. The van der Waals surface area contributed by atoms with Crippen LogP contribution in [0.15, 0.2) is 24.3 Å². The normalized spacial score (nSPS) is 12.4. The lowest BCUT2D eigenvalue weighted by Gasteiger charge is -2.23. The van der Waals surface area contributed by atoms with Crippen molar-refractivity contribution >= 4 is 11.6 Å². The first-order chi connectivity index (χ1) is 8.54. The fourth-order valence-corrected chi connectivity index (χ4v) is 1.66. The standard InChI is InChI=1S/C14H23N3O/c1-4-11(2)17(3)9-8-16-14(18)12-6-5-7-13(15)10-12/h5-7,10-11H,4,8-9,15H2,1-3H3,(H,16,18). The molecule has 0 saturated carbocycles. The van der Waals surface area contributed by atoms with Crippen LogP contribution in [0.2, 0.25) is 0 Å². The largest absolute Gasteiger partial charge is 0.399 e. The Balaban J connectivity index is 2.38. The third kappa shape index (κ3) is 4.37. The zero-order valence-corrected chi connectivity index (χ0v) is 11.4. The van der Waals surface area contributed by atoms with Gasteiger partial charge in [0.2, 0.25) is 0 Å². The number of carbonyl (C=O) groups excluding carboxylic acids is 1. The number of nitrogens with one attached hydrogen (secondary N) is 1. The fourth-order valence-electron chi connectivity index (χ4n) is 1.66. The summed E-state index contributed by atoms with van der Waals surface area (Å²) in [5.41, 5.74) is 6.87. The van der Waals surface area contributed by atoms with Gasteiger partial charge in [0.05, 0.1) is 0 Å². The van der Waals surface area contributed by atoms with Crippen LogP contribution in [0.1, 0.15) is 30.6 Å². The summed E-state index contributed by atoms with van der Waals surface area (Å²) in [6.07, 6.45) is 1.11. The van der Waals surface area contributed by atoms with Crippen molar-refractivity contribution in [3.05, 3.63) is 29.8 Å². The van der Waals surface area contributed by atoms with Crippen LogP contribution in [0.5, 0.6) is 0 Å². The average Bonchev–Trinajstić information content (AvgIpc) is 2.37. The molecule has 4 nitrogen and oxygen atoms in total. The summed E-state index contributed by atoms with van der Waals surface area (Å²) < 4.78 is 0. The number of rotatable bonds is 6. The van der Waals surface area contributed by atoms with E-state index in [2.05, 4.69) is 31.1 Å². The van der Waals surface area contributed by atoms with Crippen molar-refractivity contribution in [2.45, 2.75) is 26.3 Å². The molecule has 1 amide bonds. The number of benzene rings is 1. The van der Waals surface area contributed by atoms with Gasteiger partial charge in [-0.2, -0.15) is 0 Å². The monoisotopic (exact) mass is 249 g/mol. The Hall–Kier alpha value is -1.55. The Bertz CT molecular complexity index is 392. The fraction of sp³-hybridized carbons (Fsp3) is 0.500. The van der Waals surface area contributed by atoms with Crippen molar-refractivity contribution < 1.29 is 4.79 Å². The smallest absolute Gasteiger partial charge is 0.251 e. The molecular formula is C14H23N3O. The molecule has 1 aromatic rings. The molecule has 0 aromatic heterocycles. The molecule has 4 heteroatoms. The molecule has 1 aromatic carbocycles. The van der Waals surface area contributed by atoms with E-state index < -0.39 is 0 Å². The van der Waals surface area contributed by atoms with Crippen molar-refractivity contribution in [1.29, 1.82) is 0 Å². The first kappa shape index (κ1) is 14.5. The number of hydrogen-bond acceptors (Lipinski definition) is 3. The van der Waals surface area contributed by atoms with Crippen LogP contribution in [0, 0.1) is 0 Å². The maximum absolute atomic E-state index is 11.8. The molecule has 0 radical (unpaired) electrons. The minimum absolute atomic E-state index is 0.0696. The Morgan fingerprint density at radius 2 is 2.22 bits per heavy atom.